The fourth-order valence-corrected chi connectivity index (χ4v) is 10.5. The molecule has 4 aliphatic rings. The summed E-state index contributed by atoms with van der Waals surface area (Å²) < 4.78 is 0. The molecule has 0 N–H and O–H groups in total. The van der Waals surface area contributed by atoms with Crippen LogP contribution in [0.1, 0.15) is 124 Å². The predicted octanol–water partition coefficient (Wildman–Crippen LogP) is 13.3. The van der Waals surface area contributed by atoms with Gasteiger partial charge in [0, 0.05) is 56.9 Å². The van der Waals surface area contributed by atoms with Crippen molar-refractivity contribution in [2.24, 2.45) is 11.8 Å². The summed E-state index contributed by atoms with van der Waals surface area (Å²) in [6, 6.07) is 33.0. The zero-order chi connectivity index (χ0) is 37.9. The van der Waals surface area contributed by atoms with Crippen molar-refractivity contribution < 1.29 is 9.59 Å². The SMILES string of the molecule is C[C@@H]1CCC(N2C(=O)CC[C@H](c3cccc(Cl)c3)[C@H]2c2ccc(Cl)cc2)C1.C[C@H]1CCC(N2C(=O)CC[C@H](c3cccc(Cl)c3)[C@H]2c2ccc(Cl)cc2)C1. The smallest absolute Gasteiger partial charge is 0.223 e. The quantitative estimate of drug-likeness (QED) is 0.195. The number of amides is 2. The number of piperidine rings is 2. The first kappa shape index (κ1) is 39.2. The summed E-state index contributed by atoms with van der Waals surface area (Å²) in [5.41, 5.74) is 4.76. The molecule has 4 nitrogen and oxygen atoms in total. The van der Waals surface area contributed by atoms with Crippen LogP contribution in [-0.2, 0) is 9.59 Å². The molecule has 4 aromatic carbocycles. The van der Waals surface area contributed by atoms with Crippen molar-refractivity contribution >= 4 is 58.2 Å². The highest BCUT2D eigenvalue weighted by atomic mass is 35.5. The van der Waals surface area contributed by atoms with Gasteiger partial charge in [-0.25, -0.2) is 0 Å². The summed E-state index contributed by atoms with van der Waals surface area (Å²) >= 11 is 24.9. The van der Waals surface area contributed by atoms with Crippen LogP contribution < -0.4 is 0 Å². The van der Waals surface area contributed by atoms with E-state index >= 15 is 0 Å². The van der Waals surface area contributed by atoms with Crippen molar-refractivity contribution in [3.63, 3.8) is 0 Å². The van der Waals surface area contributed by atoms with E-state index in [1.807, 2.05) is 48.5 Å². The number of hydrogen-bond donors (Lipinski definition) is 0. The highest BCUT2D eigenvalue weighted by Gasteiger charge is 2.44. The van der Waals surface area contributed by atoms with E-state index in [0.717, 1.165) is 69.7 Å². The molecular formula is C46H50Cl4N2O2. The number of carbonyl (C=O) groups excluding carboxylic acids is 2. The van der Waals surface area contributed by atoms with Crippen LogP contribution in [0.5, 0.6) is 0 Å². The van der Waals surface area contributed by atoms with Gasteiger partial charge in [0.2, 0.25) is 11.8 Å². The third kappa shape index (κ3) is 8.83. The van der Waals surface area contributed by atoms with E-state index in [1.165, 1.54) is 24.0 Å². The molecule has 2 aliphatic heterocycles. The Hall–Kier alpha value is -3.02. The van der Waals surface area contributed by atoms with Gasteiger partial charge in [-0.15, -0.1) is 0 Å². The van der Waals surface area contributed by atoms with Gasteiger partial charge in [0.05, 0.1) is 12.1 Å². The zero-order valence-corrected chi connectivity index (χ0v) is 34.2. The number of likely N-dealkylation sites (tertiary alicyclic amines) is 2. The largest absolute Gasteiger partial charge is 0.332 e. The third-order valence-electron chi connectivity index (χ3n) is 12.4. The molecule has 284 valence electrons. The van der Waals surface area contributed by atoms with Gasteiger partial charge in [-0.1, -0.05) is 109 Å². The summed E-state index contributed by atoms with van der Waals surface area (Å²) in [5.74, 6) is 2.43. The van der Waals surface area contributed by atoms with Crippen LogP contribution in [0.2, 0.25) is 20.1 Å². The first-order chi connectivity index (χ1) is 26.0. The average Bonchev–Trinajstić information content (AvgIpc) is 3.79. The molecule has 0 aromatic heterocycles. The van der Waals surface area contributed by atoms with Crippen LogP contribution >= 0.6 is 46.4 Å². The highest BCUT2D eigenvalue weighted by Crippen LogP contribution is 2.49. The molecule has 2 saturated carbocycles. The molecule has 0 radical (unpaired) electrons. The first-order valence-electron chi connectivity index (χ1n) is 19.7. The molecule has 54 heavy (non-hydrogen) atoms. The molecule has 0 bridgehead atoms. The van der Waals surface area contributed by atoms with Crippen molar-refractivity contribution in [1.82, 2.24) is 9.80 Å². The lowest BCUT2D eigenvalue weighted by Gasteiger charge is -2.45. The molecule has 0 spiro atoms. The molecule has 8 heteroatoms. The van der Waals surface area contributed by atoms with E-state index in [2.05, 4.69) is 72.2 Å². The van der Waals surface area contributed by atoms with Gasteiger partial charge in [0.1, 0.15) is 0 Å². The lowest BCUT2D eigenvalue weighted by molar-refractivity contribution is -0.141. The maximum Gasteiger partial charge on any atom is 0.223 e. The minimum atomic E-state index is 0.0392. The lowest BCUT2D eigenvalue weighted by atomic mass is 9.79. The number of nitrogens with zero attached hydrogens (tertiary/aromatic N) is 2. The van der Waals surface area contributed by atoms with Gasteiger partial charge >= 0.3 is 0 Å². The van der Waals surface area contributed by atoms with E-state index in [0.29, 0.717) is 36.8 Å². The van der Waals surface area contributed by atoms with Gasteiger partial charge in [-0.3, -0.25) is 9.59 Å². The Kier molecular flexibility index (Phi) is 12.6. The van der Waals surface area contributed by atoms with Crippen molar-refractivity contribution in [2.75, 3.05) is 0 Å². The van der Waals surface area contributed by atoms with Gasteiger partial charge in [0.15, 0.2) is 0 Å². The molecular weight excluding hydrogens is 754 g/mol. The van der Waals surface area contributed by atoms with Crippen molar-refractivity contribution in [3.8, 4) is 0 Å². The Morgan fingerprint density at radius 3 is 1.19 bits per heavy atom. The van der Waals surface area contributed by atoms with Crippen LogP contribution in [0.15, 0.2) is 97.1 Å². The fourth-order valence-electron chi connectivity index (χ4n) is 9.83. The number of benzene rings is 4. The summed E-state index contributed by atoms with van der Waals surface area (Å²) in [4.78, 5) is 30.5. The molecule has 4 fully saturated rings. The van der Waals surface area contributed by atoms with Gasteiger partial charge in [-0.2, -0.15) is 0 Å². The summed E-state index contributed by atoms with van der Waals surface area (Å²) in [7, 11) is 0. The minimum Gasteiger partial charge on any atom is -0.332 e. The van der Waals surface area contributed by atoms with Crippen LogP contribution in [0.25, 0.3) is 0 Å². The minimum absolute atomic E-state index is 0.0392. The topological polar surface area (TPSA) is 40.6 Å². The van der Waals surface area contributed by atoms with Crippen LogP contribution in [-0.4, -0.2) is 33.7 Å². The third-order valence-corrected chi connectivity index (χ3v) is 13.3. The van der Waals surface area contributed by atoms with Crippen LogP contribution in [0, 0.1) is 11.8 Å². The van der Waals surface area contributed by atoms with Crippen molar-refractivity contribution in [2.45, 2.75) is 114 Å². The average molecular weight is 805 g/mol. The Morgan fingerprint density at radius 1 is 0.463 bits per heavy atom. The summed E-state index contributed by atoms with van der Waals surface area (Å²) in [5, 5.41) is 2.95. The number of carbonyl (C=O) groups is 2. The molecule has 2 saturated heterocycles. The molecule has 2 aliphatic carbocycles. The molecule has 4 aromatic rings. The number of rotatable bonds is 6. The summed E-state index contributed by atoms with van der Waals surface area (Å²) in [6.07, 6.45) is 9.69. The van der Waals surface area contributed by atoms with Gasteiger partial charge < -0.3 is 9.80 Å². The Morgan fingerprint density at radius 2 is 0.852 bits per heavy atom. The Balaban J connectivity index is 0.000000167. The predicted molar refractivity (Wildman–Crippen MR) is 223 cm³/mol. The highest BCUT2D eigenvalue weighted by molar-refractivity contribution is 6.31. The normalized spacial score (nSPS) is 28.6. The Bertz CT molecular complexity index is 1780. The molecule has 8 atom stereocenters. The first-order valence-corrected chi connectivity index (χ1v) is 21.2. The maximum atomic E-state index is 13.1. The molecule has 8 rings (SSSR count). The van der Waals surface area contributed by atoms with Crippen molar-refractivity contribution in [1.29, 1.82) is 0 Å². The molecule has 2 heterocycles. The number of hydrogen-bond acceptors (Lipinski definition) is 2. The second kappa shape index (κ2) is 17.4. The van der Waals surface area contributed by atoms with E-state index in [-0.39, 0.29) is 35.7 Å². The Labute approximate surface area is 341 Å². The zero-order valence-electron chi connectivity index (χ0n) is 31.2. The van der Waals surface area contributed by atoms with Crippen molar-refractivity contribution in [3.05, 3.63) is 139 Å². The second-order valence-electron chi connectivity index (χ2n) is 16.1. The van der Waals surface area contributed by atoms with E-state index < -0.39 is 0 Å². The lowest BCUT2D eigenvalue weighted by Crippen LogP contribution is -2.47. The monoisotopic (exact) mass is 802 g/mol. The fraction of sp³-hybridized carbons (Fsp3) is 0.435. The van der Waals surface area contributed by atoms with Gasteiger partial charge in [0.25, 0.3) is 0 Å². The van der Waals surface area contributed by atoms with Gasteiger partial charge in [-0.05, 0) is 134 Å². The maximum absolute atomic E-state index is 13.1. The molecule has 2 unspecified atom stereocenters. The second-order valence-corrected chi connectivity index (χ2v) is 17.9. The summed E-state index contributed by atoms with van der Waals surface area (Å²) in [6.45, 7) is 4.58. The number of halogens is 4. The van der Waals surface area contributed by atoms with E-state index in [4.69, 9.17) is 46.4 Å². The molecule has 2 amide bonds. The van der Waals surface area contributed by atoms with E-state index in [1.54, 1.807) is 0 Å². The van der Waals surface area contributed by atoms with Crippen LogP contribution in [0.3, 0.4) is 0 Å². The van der Waals surface area contributed by atoms with E-state index in [9.17, 15) is 9.59 Å². The van der Waals surface area contributed by atoms with Crippen LogP contribution in [0.4, 0.5) is 0 Å². The standard InChI is InChI=1S/2C23H25Cl2NO/c2*1-15-5-10-20(13-15)26-22(27)12-11-21(17-3-2-4-19(25)14-17)23(26)16-6-8-18(24)9-7-16/h2*2-4,6-9,14-15,20-21,23H,5,10-13H2,1H3/t15-,20?,21+,23+;15-,20?,21-,23-/m01/s1.